The lowest BCUT2D eigenvalue weighted by atomic mass is 9.75. The van der Waals surface area contributed by atoms with Gasteiger partial charge in [0.05, 0.1) is 0 Å². The molecule has 1 heteroatoms. The van der Waals surface area contributed by atoms with Crippen LogP contribution < -0.4 is 0 Å². The zero-order valence-electron chi connectivity index (χ0n) is 11.9. The summed E-state index contributed by atoms with van der Waals surface area (Å²) in [6.45, 7) is 9.16. The minimum absolute atomic E-state index is 0.312. The maximum absolute atomic E-state index is 4.30. The van der Waals surface area contributed by atoms with Crippen LogP contribution in [0.4, 0.5) is 0 Å². The lowest BCUT2D eigenvalue weighted by Crippen LogP contribution is -2.22. The van der Waals surface area contributed by atoms with Crippen LogP contribution >= 0.6 is 0 Å². The molecule has 0 radical (unpaired) electrons. The Morgan fingerprint density at radius 1 is 1.18 bits per heavy atom. The van der Waals surface area contributed by atoms with E-state index < -0.39 is 0 Å². The van der Waals surface area contributed by atoms with E-state index in [-0.39, 0.29) is 0 Å². The first-order valence-electron chi connectivity index (χ1n) is 7.05. The Labute approximate surface area is 107 Å². The first-order chi connectivity index (χ1) is 8.14. The summed E-state index contributed by atoms with van der Waals surface area (Å²) >= 11 is 0. The third-order valence-electron chi connectivity index (χ3n) is 4.05. The molecule has 0 N–H and O–H groups in total. The lowest BCUT2D eigenvalue weighted by Gasteiger charge is -2.30. The van der Waals surface area contributed by atoms with Crippen molar-refractivity contribution in [3.05, 3.63) is 29.6 Å². The lowest BCUT2D eigenvalue weighted by molar-refractivity contribution is 0.393. The van der Waals surface area contributed by atoms with Crippen molar-refractivity contribution >= 4 is 0 Å². The molecule has 96 valence electrons. The van der Waals surface area contributed by atoms with Crippen LogP contribution in [0.3, 0.4) is 0 Å². The Morgan fingerprint density at radius 2 is 1.94 bits per heavy atom. The van der Waals surface area contributed by atoms with E-state index in [1.165, 1.54) is 49.7 Å². The molecule has 0 aromatic carbocycles. The Morgan fingerprint density at radius 3 is 2.53 bits per heavy atom. The molecule has 1 atom stereocenters. The van der Waals surface area contributed by atoms with Crippen LogP contribution in [-0.2, 0) is 5.41 Å². The van der Waals surface area contributed by atoms with E-state index in [9.17, 15) is 0 Å². The van der Waals surface area contributed by atoms with Crippen molar-refractivity contribution < 1.29 is 0 Å². The van der Waals surface area contributed by atoms with Gasteiger partial charge in [-0.2, -0.15) is 0 Å². The van der Waals surface area contributed by atoms with Crippen LogP contribution in [0, 0.1) is 6.92 Å². The average Bonchev–Trinajstić information content (AvgIpc) is 2.35. The van der Waals surface area contributed by atoms with Crippen molar-refractivity contribution in [3.63, 3.8) is 0 Å². The molecule has 1 nitrogen and oxygen atoms in total. The predicted molar refractivity (Wildman–Crippen MR) is 75.4 cm³/mol. The van der Waals surface area contributed by atoms with E-state index in [0.717, 1.165) is 0 Å². The number of hydrogen-bond donors (Lipinski definition) is 0. The zero-order valence-corrected chi connectivity index (χ0v) is 11.9. The quantitative estimate of drug-likeness (QED) is 0.602. The third-order valence-corrected chi connectivity index (χ3v) is 4.05. The third kappa shape index (κ3) is 3.83. The molecule has 0 aliphatic carbocycles. The van der Waals surface area contributed by atoms with E-state index in [4.69, 9.17) is 0 Å². The minimum atomic E-state index is 0.312. The molecule has 1 aromatic heterocycles. The van der Waals surface area contributed by atoms with Gasteiger partial charge in [-0.3, -0.25) is 4.98 Å². The Hall–Kier alpha value is -0.850. The fourth-order valence-electron chi connectivity index (χ4n) is 2.54. The molecule has 1 aromatic rings. The Balaban J connectivity index is 2.71. The highest BCUT2D eigenvalue weighted by atomic mass is 14.6. The van der Waals surface area contributed by atoms with Gasteiger partial charge in [-0.1, -0.05) is 46.5 Å². The van der Waals surface area contributed by atoms with Crippen LogP contribution in [0.5, 0.6) is 0 Å². The standard InChI is InChI=1S/C16H27N/c1-5-7-8-9-11-16(4,6-2)15-13-17-12-10-14(15)3/h10,12-13H,5-9,11H2,1-4H3. The van der Waals surface area contributed by atoms with E-state index in [1.54, 1.807) is 0 Å². The number of unbranched alkanes of at least 4 members (excludes halogenated alkanes) is 3. The highest BCUT2D eigenvalue weighted by molar-refractivity contribution is 5.29. The van der Waals surface area contributed by atoms with Crippen molar-refractivity contribution in [2.24, 2.45) is 0 Å². The minimum Gasteiger partial charge on any atom is -0.264 e. The fourth-order valence-corrected chi connectivity index (χ4v) is 2.54. The maximum Gasteiger partial charge on any atom is 0.0308 e. The number of nitrogens with zero attached hydrogens (tertiary/aromatic N) is 1. The van der Waals surface area contributed by atoms with Crippen LogP contribution in [0.15, 0.2) is 18.5 Å². The van der Waals surface area contributed by atoms with Gasteiger partial charge >= 0.3 is 0 Å². The average molecular weight is 233 g/mol. The highest BCUT2D eigenvalue weighted by Gasteiger charge is 2.25. The zero-order chi connectivity index (χ0) is 12.7. The molecule has 0 saturated carbocycles. The van der Waals surface area contributed by atoms with Crippen LogP contribution in [0.2, 0.25) is 0 Å². The largest absolute Gasteiger partial charge is 0.264 e. The molecule has 0 amide bonds. The second kappa shape index (κ2) is 6.78. The Bertz CT molecular complexity index is 332. The summed E-state index contributed by atoms with van der Waals surface area (Å²) in [5.74, 6) is 0. The van der Waals surface area contributed by atoms with Crippen molar-refractivity contribution in [2.75, 3.05) is 0 Å². The van der Waals surface area contributed by atoms with Gasteiger partial charge in [0.25, 0.3) is 0 Å². The summed E-state index contributed by atoms with van der Waals surface area (Å²) in [7, 11) is 0. The summed E-state index contributed by atoms with van der Waals surface area (Å²) in [6, 6.07) is 2.13. The number of hydrogen-bond acceptors (Lipinski definition) is 1. The number of aryl methyl sites for hydroxylation is 1. The molecule has 17 heavy (non-hydrogen) atoms. The summed E-state index contributed by atoms with van der Waals surface area (Å²) < 4.78 is 0. The second-order valence-electron chi connectivity index (χ2n) is 5.42. The van der Waals surface area contributed by atoms with Crippen LogP contribution in [-0.4, -0.2) is 4.98 Å². The smallest absolute Gasteiger partial charge is 0.0308 e. The monoisotopic (exact) mass is 233 g/mol. The van der Waals surface area contributed by atoms with Crippen molar-refractivity contribution in [3.8, 4) is 0 Å². The van der Waals surface area contributed by atoms with Gasteiger partial charge in [-0.25, -0.2) is 0 Å². The van der Waals surface area contributed by atoms with Gasteiger partial charge in [0.15, 0.2) is 0 Å². The van der Waals surface area contributed by atoms with Crippen LogP contribution in [0.25, 0.3) is 0 Å². The summed E-state index contributed by atoms with van der Waals surface area (Å²) in [4.78, 5) is 4.30. The summed E-state index contributed by atoms with van der Waals surface area (Å²) in [5, 5.41) is 0. The van der Waals surface area contributed by atoms with Gasteiger partial charge < -0.3 is 0 Å². The molecule has 1 heterocycles. The fraction of sp³-hybridized carbons (Fsp3) is 0.688. The molecule has 0 aliphatic heterocycles. The maximum atomic E-state index is 4.30. The van der Waals surface area contributed by atoms with Gasteiger partial charge in [0.1, 0.15) is 0 Å². The Kier molecular flexibility index (Phi) is 5.67. The molecule has 0 bridgehead atoms. The van der Waals surface area contributed by atoms with E-state index in [1.807, 2.05) is 6.20 Å². The second-order valence-corrected chi connectivity index (χ2v) is 5.42. The molecule has 1 rings (SSSR count). The molecule has 0 spiro atoms. The summed E-state index contributed by atoms with van der Waals surface area (Å²) in [6.07, 6.45) is 11.8. The van der Waals surface area contributed by atoms with Crippen LogP contribution in [0.1, 0.15) is 70.4 Å². The topological polar surface area (TPSA) is 12.9 Å². The molecular weight excluding hydrogens is 206 g/mol. The van der Waals surface area contributed by atoms with Crippen molar-refractivity contribution in [2.45, 2.75) is 71.6 Å². The van der Waals surface area contributed by atoms with Gasteiger partial charge in [-0.15, -0.1) is 0 Å². The first kappa shape index (κ1) is 14.2. The van der Waals surface area contributed by atoms with E-state index in [0.29, 0.717) is 5.41 Å². The highest BCUT2D eigenvalue weighted by Crippen LogP contribution is 2.34. The van der Waals surface area contributed by atoms with E-state index in [2.05, 4.69) is 44.9 Å². The van der Waals surface area contributed by atoms with Crippen molar-refractivity contribution in [1.82, 2.24) is 4.98 Å². The number of pyridine rings is 1. The predicted octanol–water partition coefficient (Wildman–Crippen LogP) is 5.03. The first-order valence-corrected chi connectivity index (χ1v) is 7.05. The van der Waals surface area contributed by atoms with Crippen molar-refractivity contribution in [1.29, 1.82) is 0 Å². The van der Waals surface area contributed by atoms with Gasteiger partial charge in [0.2, 0.25) is 0 Å². The van der Waals surface area contributed by atoms with E-state index >= 15 is 0 Å². The number of rotatable bonds is 7. The SMILES string of the molecule is CCCCCCC(C)(CC)c1cnccc1C. The molecule has 0 saturated heterocycles. The normalized spacial score (nSPS) is 14.6. The summed E-state index contributed by atoms with van der Waals surface area (Å²) in [5.41, 5.74) is 3.14. The molecule has 0 fully saturated rings. The molecular formula is C16H27N. The number of aromatic nitrogens is 1. The molecule has 1 unspecified atom stereocenters. The van der Waals surface area contributed by atoms with Gasteiger partial charge in [0, 0.05) is 12.4 Å². The molecule has 0 aliphatic rings. The van der Waals surface area contributed by atoms with Gasteiger partial charge in [-0.05, 0) is 42.4 Å².